The number of carbonyl (C=O) groups is 3. The van der Waals surface area contributed by atoms with Gasteiger partial charge in [0.05, 0.1) is 28.3 Å². The number of carbonyl (C=O) groups excluding carboxylic acids is 3. The van der Waals surface area contributed by atoms with Gasteiger partial charge in [0.1, 0.15) is 11.5 Å². The highest BCUT2D eigenvalue weighted by Crippen LogP contribution is 2.43. The van der Waals surface area contributed by atoms with Crippen LogP contribution in [0.25, 0.3) is 0 Å². The highest BCUT2D eigenvalue weighted by Gasteiger charge is 2.48. The first-order valence-corrected chi connectivity index (χ1v) is 15.8. The summed E-state index contributed by atoms with van der Waals surface area (Å²) in [6, 6.07) is 10.3. The molecule has 226 valence electrons. The zero-order chi connectivity index (χ0) is 31.2. The molecule has 2 heterocycles. The van der Waals surface area contributed by atoms with Gasteiger partial charge in [0.2, 0.25) is 5.12 Å². The maximum atomic E-state index is 13.1. The maximum Gasteiger partial charge on any atom is 0.261 e. The van der Waals surface area contributed by atoms with Crippen molar-refractivity contribution < 1.29 is 27.2 Å². The number of allylic oxidation sites excluding steroid dienone is 2. The average molecular weight is 626 g/mol. The van der Waals surface area contributed by atoms with Crippen LogP contribution in [0.5, 0.6) is 0 Å². The number of hydrogen-bond donors (Lipinski definition) is 2. The van der Waals surface area contributed by atoms with E-state index in [9.17, 15) is 27.2 Å². The van der Waals surface area contributed by atoms with E-state index in [2.05, 4.69) is 26.9 Å². The monoisotopic (exact) mass is 625 g/mol. The van der Waals surface area contributed by atoms with Gasteiger partial charge in [0.25, 0.3) is 15.9 Å². The van der Waals surface area contributed by atoms with Crippen molar-refractivity contribution in [2.24, 2.45) is 5.92 Å². The van der Waals surface area contributed by atoms with E-state index in [4.69, 9.17) is 0 Å². The number of benzene rings is 2. The quantitative estimate of drug-likeness (QED) is 0.159. The number of sulfonamides is 1. The minimum absolute atomic E-state index is 0.0663. The molecule has 0 spiro atoms. The van der Waals surface area contributed by atoms with Crippen LogP contribution < -0.4 is 10.0 Å². The smallest absolute Gasteiger partial charge is 0.261 e. The number of anilines is 1. The molecule has 2 aromatic carbocycles. The van der Waals surface area contributed by atoms with Crippen LogP contribution in [0.15, 0.2) is 83.9 Å². The Morgan fingerprint density at radius 2 is 1.84 bits per heavy atom. The van der Waals surface area contributed by atoms with Crippen LogP contribution in [0.3, 0.4) is 0 Å². The van der Waals surface area contributed by atoms with Gasteiger partial charge in [0.15, 0.2) is 5.78 Å². The highest BCUT2D eigenvalue weighted by atomic mass is 32.2. The number of hydrogen-bond acceptors (Lipinski definition) is 8. The summed E-state index contributed by atoms with van der Waals surface area (Å²) in [5.41, 5.74) is 1.97. The van der Waals surface area contributed by atoms with Gasteiger partial charge in [-0.15, -0.1) is 5.10 Å². The summed E-state index contributed by atoms with van der Waals surface area (Å²) in [6.07, 6.45) is 7.04. The molecule has 1 aromatic heterocycles. The molecule has 0 bridgehead atoms. The summed E-state index contributed by atoms with van der Waals surface area (Å²) in [7, 11) is -3.91. The van der Waals surface area contributed by atoms with Crippen molar-refractivity contribution in [3.05, 3.63) is 96.1 Å². The number of aryl methyl sites for hydroxylation is 1. The molecule has 13 heteroatoms. The average Bonchev–Trinajstić information content (AvgIpc) is 3.51. The Bertz CT molecular complexity index is 1650. The molecule has 0 saturated carbocycles. The molecule has 2 atom stereocenters. The zero-order valence-electron chi connectivity index (χ0n) is 23.7. The molecule has 1 aliphatic rings. The predicted octanol–water partition coefficient (Wildman–Crippen LogP) is 4.67. The van der Waals surface area contributed by atoms with Gasteiger partial charge in [-0.1, -0.05) is 47.7 Å². The molecule has 1 fully saturated rings. The summed E-state index contributed by atoms with van der Waals surface area (Å²) in [5.74, 6) is -1.60. The topological polar surface area (TPSA) is 140 Å². The van der Waals surface area contributed by atoms with Gasteiger partial charge < -0.3 is 5.32 Å². The Balaban J connectivity index is 1.21. The van der Waals surface area contributed by atoms with Crippen LogP contribution in [0.1, 0.15) is 49.2 Å². The van der Waals surface area contributed by atoms with Gasteiger partial charge >= 0.3 is 0 Å². The third-order valence-electron chi connectivity index (χ3n) is 6.90. The number of rotatable bonds is 13. The fourth-order valence-corrected chi connectivity index (χ4v) is 6.90. The van der Waals surface area contributed by atoms with E-state index in [1.165, 1.54) is 24.3 Å². The molecular weight excluding hydrogens is 593 g/mol. The molecule has 1 aliphatic heterocycles. The van der Waals surface area contributed by atoms with Crippen molar-refractivity contribution in [3.8, 4) is 0 Å². The van der Waals surface area contributed by atoms with Gasteiger partial charge in [0, 0.05) is 17.8 Å². The lowest BCUT2D eigenvalue weighted by molar-refractivity contribution is -0.127. The van der Waals surface area contributed by atoms with E-state index in [1.54, 1.807) is 30.0 Å². The molecule has 0 radical (unpaired) electrons. The van der Waals surface area contributed by atoms with Crippen LogP contribution in [-0.4, -0.2) is 45.0 Å². The minimum atomic E-state index is -3.91. The summed E-state index contributed by atoms with van der Waals surface area (Å²) in [6.45, 7) is 8.02. The van der Waals surface area contributed by atoms with Gasteiger partial charge in [-0.25, -0.2) is 12.8 Å². The van der Waals surface area contributed by atoms with Crippen LogP contribution in [0.4, 0.5) is 10.1 Å². The molecular formula is C30H32FN5O5S2. The Kier molecular flexibility index (Phi) is 9.97. The summed E-state index contributed by atoms with van der Waals surface area (Å²) in [4.78, 5) is 37.9. The van der Waals surface area contributed by atoms with Crippen molar-refractivity contribution in [2.75, 3.05) is 4.72 Å². The third-order valence-corrected chi connectivity index (χ3v) is 9.52. The van der Waals surface area contributed by atoms with Crippen molar-refractivity contribution in [1.29, 1.82) is 0 Å². The second kappa shape index (κ2) is 13.5. The largest absolute Gasteiger partial charge is 0.346 e. The number of thioether (sulfide) groups is 1. The van der Waals surface area contributed by atoms with Gasteiger partial charge in [-0.3, -0.25) is 23.8 Å². The molecule has 0 aliphatic carbocycles. The molecule has 1 unspecified atom stereocenters. The number of aromatic nitrogens is 3. The van der Waals surface area contributed by atoms with Crippen molar-refractivity contribution in [1.82, 2.24) is 20.3 Å². The number of ketones is 1. The van der Waals surface area contributed by atoms with Crippen LogP contribution in [0, 0.1) is 11.7 Å². The lowest BCUT2D eigenvalue weighted by atomic mass is 9.89. The molecule has 2 N–H and O–H groups in total. The number of unbranched alkanes of at least 4 members (excludes halogenated alkanes) is 1. The molecule has 1 amide bonds. The highest BCUT2D eigenvalue weighted by molar-refractivity contribution is 8.16. The van der Waals surface area contributed by atoms with E-state index >= 15 is 0 Å². The first-order chi connectivity index (χ1) is 20.4. The van der Waals surface area contributed by atoms with Gasteiger partial charge in [-0.2, -0.15) is 0 Å². The lowest BCUT2D eigenvalue weighted by Gasteiger charge is -2.16. The first kappa shape index (κ1) is 31.8. The Labute approximate surface area is 253 Å². The van der Waals surface area contributed by atoms with Crippen molar-refractivity contribution >= 4 is 44.3 Å². The zero-order valence-corrected chi connectivity index (χ0v) is 25.4. The molecule has 10 nitrogen and oxygen atoms in total. The Morgan fingerprint density at radius 3 is 2.51 bits per heavy atom. The molecule has 3 aromatic rings. The van der Waals surface area contributed by atoms with Crippen LogP contribution >= 0.6 is 11.8 Å². The fraction of sp³-hybridized carbons (Fsp3) is 0.300. The van der Waals surface area contributed by atoms with E-state index in [1.807, 2.05) is 6.92 Å². The molecule has 43 heavy (non-hydrogen) atoms. The maximum absolute atomic E-state index is 13.1. The van der Waals surface area contributed by atoms with Crippen molar-refractivity contribution in [3.63, 3.8) is 0 Å². The minimum Gasteiger partial charge on any atom is -0.346 e. The summed E-state index contributed by atoms with van der Waals surface area (Å²) in [5, 5.41) is 10.8. The number of nitrogens with zero attached hydrogens (tertiary/aromatic N) is 3. The van der Waals surface area contributed by atoms with E-state index in [0.717, 1.165) is 41.6 Å². The summed E-state index contributed by atoms with van der Waals surface area (Å²) >= 11 is 1.08. The standard InChI is InChI=1S/C30H32FN5O5S2/c1-4-20(2)17-30(3)27(37)26(29(39)42-30)7-5-6-16-36-19-24(33-35-36)18-32-28(38)21-8-12-23(13-9-21)34-43(40,41)25-14-10-22(31)11-15-25/h4,8-15,17,19,26,34H,1,5-7,16,18H2,2-3H3,(H,32,38)/b20-17+/t26?,30-/m1/s1. The Morgan fingerprint density at radius 1 is 1.14 bits per heavy atom. The predicted molar refractivity (Wildman–Crippen MR) is 162 cm³/mol. The van der Waals surface area contributed by atoms with E-state index in [-0.39, 0.29) is 33.9 Å². The number of amides is 1. The van der Waals surface area contributed by atoms with E-state index < -0.39 is 26.5 Å². The number of Topliss-reactive ketones (excluding diaryl/α,β-unsaturated/α-hetero) is 1. The lowest BCUT2D eigenvalue weighted by Crippen LogP contribution is -2.29. The van der Waals surface area contributed by atoms with E-state index in [0.29, 0.717) is 37.1 Å². The second-order valence-corrected chi connectivity index (χ2v) is 13.5. The number of halogens is 1. The van der Waals surface area contributed by atoms with Gasteiger partial charge in [-0.05, 0) is 75.2 Å². The normalized spacial score (nSPS) is 19.0. The SMILES string of the molecule is C=C/C(C)=C/[C@@]1(C)SC(=O)C(CCCCn2cc(CNC(=O)c3ccc(NS(=O)(=O)c4ccc(F)cc4)cc3)nn2)C1=O. The molecule has 1 saturated heterocycles. The first-order valence-electron chi connectivity index (χ1n) is 13.5. The Hall–Kier alpha value is -4.10. The second-order valence-electron chi connectivity index (χ2n) is 10.3. The van der Waals surface area contributed by atoms with Crippen LogP contribution in [-0.2, 0) is 32.7 Å². The molecule has 4 rings (SSSR count). The fourth-order valence-electron chi connectivity index (χ4n) is 4.57. The summed E-state index contributed by atoms with van der Waals surface area (Å²) < 4.78 is 41.2. The van der Waals surface area contributed by atoms with Crippen LogP contribution in [0.2, 0.25) is 0 Å². The third kappa shape index (κ3) is 8.05. The van der Waals surface area contributed by atoms with Crippen molar-refractivity contribution in [2.45, 2.75) is 55.8 Å². The number of nitrogens with one attached hydrogen (secondary N) is 2.